The molecule has 0 radical (unpaired) electrons. The van der Waals surface area contributed by atoms with Crippen molar-refractivity contribution < 1.29 is 13.2 Å². The second-order valence-corrected chi connectivity index (χ2v) is 6.32. The van der Waals surface area contributed by atoms with Gasteiger partial charge in [0.2, 0.25) is 0 Å². The van der Waals surface area contributed by atoms with Gasteiger partial charge in [0.05, 0.1) is 0 Å². The third-order valence-electron chi connectivity index (χ3n) is 3.32. The van der Waals surface area contributed by atoms with Crippen LogP contribution in [0, 0.1) is 0 Å². The first-order chi connectivity index (χ1) is 9.36. The Balaban J connectivity index is 1.87. The molecule has 1 aliphatic rings. The highest BCUT2D eigenvalue weighted by molar-refractivity contribution is 9.09. The first-order valence-corrected chi connectivity index (χ1v) is 7.59. The lowest BCUT2D eigenvalue weighted by Gasteiger charge is -2.37. The van der Waals surface area contributed by atoms with Crippen LogP contribution in [0.2, 0.25) is 5.02 Å². The number of alkyl halides is 4. The second kappa shape index (κ2) is 6.54. The Labute approximate surface area is 129 Å². The highest BCUT2D eigenvalue weighted by atomic mass is 79.9. The van der Waals surface area contributed by atoms with Gasteiger partial charge in [0.15, 0.2) is 0 Å². The zero-order chi connectivity index (χ0) is 14.8. The van der Waals surface area contributed by atoms with Gasteiger partial charge < -0.3 is 4.90 Å². The van der Waals surface area contributed by atoms with Gasteiger partial charge >= 0.3 is 6.18 Å². The minimum Gasteiger partial charge on any atom is -0.369 e. The van der Waals surface area contributed by atoms with E-state index in [0.29, 0.717) is 31.2 Å². The van der Waals surface area contributed by atoms with E-state index in [1.54, 1.807) is 6.07 Å². The van der Waals surface area contributed by atoms with Crippen LogP contribution in [-0.2, 0) is 0 Å². The minimum atomic E-state index is -4.19. The molecule has 0 saturated carbocycles. The number of anilines is 1. The van der Waals surface area contributed by atoms with Gasteiger partial charge in [0.25, 0.3) is 0 Å². The van der Waals surface area contributed by atoms with E-state index >= 15 is 0 Å². The lowest BCUT2D eigenvalue weighted by Crippen LogP contribution is -2.49. The van der Waals surface area contributed by atoms with Crippen molar-refractivity contribution in [1.29, 1.82) is 0 Å². The van der Waals surface area contributed by atoms with Crippen molar-refractivity contribution in [2.75, 3.05) is 37.6 Å². The van der Waals surface area contributed by atoms with E-state index in [1.165, 1.54) is 0 Å². The van der Waals surface area contributed by atoms with Crippen molar-refractivity contribution in [3.63, 3.8) is 0 Å². The highest BCUT2D eigenvalue weighted by Gasteiger charge is 2.38. The minimum absolute atomic E-state index is 0.00706. The summed E-state index contributed by atoms with van der Waals surface area (Å²) in [6.45, 7) is 2.64. The number of benzene rings is 1. The van der Waals surface area contributed by atoms with Crippen LogP contribution >= 0.6 is 27.5 Å². The van der Waals surface area contributed by atoms with E-state index in [1.807, 2.05) is 23.1 Å². The van der Waals surface area contributed by atoms with Gasteiger partial charge in [-0.15, -0.1) is 0 Å². The van der Waals surface area contributed by atoms with Crippen LogP contribution in [0.25, 0.3) is 0 Å². The molecule has 1 aromatic carbocycles. The first kappa shape index (κ1) is 15.9. The molecule has 1 fully saturated rings. The van der Waals surface area contributed by atoms with E-state index in [9.17, 15) is 13.2 Å². The smallest absolute Gasteiger partial charge is 0.369 e. The molecule has 0 amide bonds. The summed E-state index contributed by atoms with van der Waals surface area (Å²) >= 11 is 8.65. The highest BCUT2D eigenvalue weighted by Crippen LogP contribution is 2.27. The van der Waals surface area contributed by atoms with Crippen molar-refractivity contribution in [3.05, 3.63) is 29.3 Å². The number of rotatable bonds is 3. The quantitative estimate of drug-likeness (QED) is 0.746. The zero-order valence-corrected chi connectivity index (χ0v) is 13.0. The van der Waals surface area contributed by atoms with Crippen LogP contribution in [0.1, 0.15) is 0 Å². The standard InChI is InChI=1S/C13H15BrClF3N2/c14-12(13(16,17)18)9-19-4-6-20(7-5-19)11-3-1-2-10(15)8-11/h1-3,8,12H,4-7,9H2. The van der Waals surface area contributed by atoms with Crippen LogP contribution in [0.5, 0.6) is 0 Å². The summed E-state index contributed by atoms with van der Waals surface area (Å²) in [4.78, 5) is 2.50. The third kappa shape index (κ3) is 4.27. The van der Waals surface area contributed by atoms with Gasteiger partial charge in [-0.3, -0.25) is 4.90 Å². The van der Waals surface area contributed by atoms with Crippen LogP contribution in [0.15, 0.2) is 24.3 Å². The molecule has 0 aliphatic carbocycles. The fraction of sp³-hybridized carbons (Fsp3) is 0.538. The van der Waals surface area contributed by atoms with Crippen molar-refractivity contribution >= 4 is 33.2 Å². The molecule has 112 valence electrons. The van der Waals surface area contributed by atoms with Gasteiger partial charge in [-0.2, -0.15) is 13.2 Å². The van der Waals surface area contributed by atoms with Crippen LogP contribution < -0.4 is 4.90 Å². The lowest BCUT2D eigenvalue weighted by molar-refractivity contribution is -0.130. The molecule has 0 bridgehead atoms. The number of halogens is 5. The lowest BCUT2D eigenvalue weighted by atomic mass is 10.2. The van der Waals surface area contributed by atoms with Gasteiger partial charge in [0, 0.05) is 43.4 Å². The van der Waals surface area contributed by atoms with Gasteiger partial charge in [-0.1, -0.05) is 33.6 Å². The normalized spacial score (nSPS) is 19.1. The molecule has 2 nitrogen and oxygen atoms in total. The van der Waals surface area contributed by atoms with E-state index < -0.39 is 11.0 Å². The largest absolute Gasteiger partial charge is 0.402 e. The summed E-state index contributed by atoms with van der Waals surface area (Å²) < 4.78 is 37.5. The Bertz CT molecular complexity index is 447. The number of piperazine rings is 1. The molecule has 1 atom stereocenters. The Hall–Kier alpha value is -0.460. The monoisotopic (exact) mass is 370 g/mol. The molecule has 0 aromatic heterocycles. The maximum Gasteiger partial charge on any atom is 0.402 e. The molecule has 20 heavy (non-hydrogen) atoms. The van der Waals surface area contributed by atoms with Crippen LogP contribution in [0.4, 0.5) is 18.9 Å². The maximum absolute atomic E-state index is 12.5. The van der Waals surface area contributed by atoms with Crippen LogP contribution in [0.3, 0.4) is 0 Å². The Kier molecular flexibility index (Phi) is 5.20. The molecule has 1 saturated heterocycles. The predicted molar refractivity (Wildman–Crippen MR) is 78.9 cm³/mol. The molecule has 1 aromatic rings. The van der Waals surface area contributed by atoms with E-state index in [2.05, 4.69) is 20.8 Å². The Morgan fingerprint density at radius 2 is 1.85 bits per heavy atom. The van der Waals surface area contributed by atoms with Crippen molar-refractivity contribution in [2.24, 2.45) is 0 Å². The van der Waals surface area contributed by atoms with E-state index in [0.717, 1.165) is 5.69 Å². The summed E-state index contributed by atoms with van der Waals surface area (Å²) in [5.74, 6) is 0. The van der Waals surface area contributed by atoms with E-state index in [-0.39, 0.29) is 6.54 Å². The van der Waals surface area contributed by atoms with Gasteiger partial charge in [-0.05, 0) is 18.2 Å². The average molecular weight is 372 g/mol. The van der Waals surface area contributed by atoms with Crippen molar-refractivity contribution in [2.45, 2.75) is 11.0 Å². The van der Waals surface area contributed by atoms with Gasteiger partial charge in [-0.25, -0.2) is 0 Å². The molecule has 1 unspecified atom stereocenters. The number of hydrogen-bond acceptors (Lipinski definition) is 2. The SMILES string of the molecule is FC(F)(F)C(Br)CN1CCN(c2cccc(Cl)c2)CC1. The molecule has 0 N–H and O–H groups in total. The summed E-state index contributed by atoms with van der Waals surface area (Å²) in [5.41, 5.74) is 1.02. The van der Waals surface area contributed by atoms with E-state index in [4.69, 9.17) is 11.6 Å². The maximum atomic E-state index is 12.5. The predicted octanol–water partition coefficient (Wildman–Crippen LogP) is 3.79. The average Bonchev–Trinajstić information content (AvgIpc) is 2.38. The molecule has 1 aliphatic heterocycles. The van der Waals surface area contributed by atoms with Crippen molar-refractivity contribution in [3.8, 4) is 0 Å². The Morgan fingerprint density at radius 3 is 2.40 bits per heavy atom. The fourth-order valence-electron chi connectivity index (χ4n) is 2.19. The number of nitrogens with zero attached hydrogens (tertiary/aromatic N) is 2. The summed E-state index contributed by atoms with van der Waals surface area (Å²) in [6.07, 6.45) is -4.19. The van der Waals surface area contributed by atoms with Crippen molar-refractivity contribution in [1.82, 2.24) is 4.90 Å². The second-order valence-electron chi connectivity index (χ2n) is 4.78. The summed E-state index contributed by atoms with van der Waals surface area (Å²) in [6, 6.07) is 7.52. The first-order valence-electron chi connectivity index (χ1n) is 6.30. The molecular formula is C13H15BrClF3N2. The van der Waals surface area contributed by atoms with Gasteiger partial charge in [0.1, 0.15) is 4.83 Å². The molecular weight excluding hydrogens is 357 g/mol. The molecule has 7 heteroatoms. The number of hydrogen-bond donors (Lipinski definition) is 0. The summed E-state index contributed by atoms with van der Waals surface area (Å²) in [7, 11) is 0. The summed E-state index contributed by atoms with van der Waals surface area (Å²) in [5, 5.41) is 0.669. The third-order valence-corrected chi connectivity index (χ3v) is 4.36. The van der Waals surface area contributed by atoms with Crippen LogP contribution in [-0.4, -0.2) is 48.6 Å². The Morgan fingerprint density at radius 1 is 1.20 bits per heavy atom. The topological polar surface area (TPSA) is 6.48 Å². The molecule has 1 heterocycles. The molecule has 0 spiro atoms. The zero-order valence-electron chi connectivity index (χ0n) is 10.7. The fourth-order valence-corrected chi connectivity index (χ4v) is 2.79. The molecule has 2 rings (SSSR count).